The molecule has 4 N–H and O–H groups in total. The van der Waals surface area contributed by atoms with Gasteiger partial charge in [0.2, 0.25) is 15.9 Å². The lowest BCUT2D eigenvalue weighted by Crippen LogP contribution is -2.69. The highest BCUT2D eigenvalue weighted by molar-refractivity contribution is 7.89. The van der Waals surface area contributed by atoms with Gasteiger partial charge in [0.15, 0.2) is 6.04 Å². The summed E-state index contributed by atoms with van der Waals surface area (Å²) in [4.78, 5) is 39.4. The number of carbonyl (C=O) groups excluding carboxylic acids is 2. The summed E-state index contributed by atoms with van der Waals surface area (Å²) in [7, 11) is -3.69. The average molecular weight is 466 g/mol. The third-order valence-corrected chi connectivity index (χ3v) is 7.52. The van der Waals surface area contributed by atoms with E-state index in [2.05, 4.69) is 11.9 Å². The van der Waals surface area contributed by atoms with Crippen molar-refractivity contribution < 1.29 is 27.9 Å². The van der Waals surface area contributed by atoms with Crippen LogP contribution >= 0.6 is 0 Å². The Kier molecular flexibility index (Phi) is 7.04. The van der Waals surface area contributed by atoms with Crippen LogP contribution in [0, 0.1) is 5.92 Å². The molecule has 3 rings (SSSR count). The molecule has 2 aliphatic heterocycles. The zero-order chi connectivity index (χ0) is 23.5. The number of hydrogen-bond donors (Lipinski definition) is 3. The van der Waals surface area contributed by atoms with E-state index in [-0.39, 0.29) is 36.9 Å². The molecule has 2 heterocycles. The van der Waals surface area contributed by atoms with E-state index < -0.39 is 39.9 Å². The van der Waals surface area contributed by atoms with Crippen LogP contribution in [0.2, 0.25) is 0 Å². The van der Waals surface area contributed by atoms with Crippen LogP contribution in [0.4, 0.5) is 4.79 Å². The van der Waals surface area contributed by atoms with Gasteiger partial charge in [0.25, 0.3) is 0 Å². The third kappa shape index (κ3) is 4.70. The molecule has 0 aromatic heterocycles. The summed E-state index contributed by atoms with van der Waals surface area (Å²) in [6.45, 7) is 4.18. The predicted octanol–water partition coefficient (Wildman–Crippen LogP) is -0.176. The van der Waals surface area contributed by atoms with Gasteiger partial charge in [0, 0.05) is 32.7 Å². The third-order valence-electron chi connectivity index (χ3n) is 5.61. The van der Waals surface area contributed by atoms with Gasteiger partial charge >= 0.3 is 12.0 Å². The first-order valence-electron chi connectivity index (χ1n) is 10.2. The van der Waals surface area contributed by atoms with Crippen molar-refractivity contribution in [2.45, 2.75) is 23.8 Å². The summed E-state index contributed by atoms with van der Waals surface area (Å²) in [6.07, 6.45) is 0.789. The highest BCUT2D eigenvalue weighted by atomic mass is 32.2. The van der Waals surface area contributed by atoms with E-state index >= 15 is 0 Å². The molecular formula is C20H27N5O6S. The Bertz CT molecular complexity index is 991. The summed E-state index contributed by atoms with van der Waals surface area (Å²) in [5.41, 5.74) is 5.41. The van der Waals surface area contributed by atoms with Crippen LogP contribution in [-0.4, -0.2) is 84.3 Å². The summed E-state index contributed by atoms with van der Waals surface area (Å²) in [5, 5.41) is 12.4. The molecule has 174 valence electrons. The average Bonchev–Trinajstić information content (AvgIpc) is 2.77. The molecule has 2 fully saturated rings. The lowest BCUT2D eigenvalue weighted by atomic mass is 9.84. The topological polar surface area (TPSA) is 153 Å². The normalized spacial score (nSPS) is 21.7. The zero-order valence-electron chi connectivity index (χ0n) is 17.5. The lowest BCUT2D eigenvalue weighted by Gasteiger charge is -2.46. The van der Waals surface area contributed by atoms with Gasteiger partial charge in [0.05, 0.1) is 16.6 Å². The van der Waals surface area contributed by atoms with Gasteiger partial charge in [-0.2, -0.15) is 4.31 Å². The molecule has 11 nitrogen and oxygen atoms in total. The number of rotatable bonds is 8. The van der Waals surface area contributed by atoms with Crippen LogP contribution < -0.4 is 11.1 Å². The lowest BCUT2D eigenvalue weighted by molar-refractivity contribution is -0.167. The molecular weight excluding hydrogens is 438 g/mol. The van der Waals surface area contributed by atoms with Crippen molar-refractivity contribution >= 4 is 27.9 Å². The molecule has 0 bridgehead atoms. The second kappa shape index (κ2) is 9.57. The van der Waals surface area contributed by atoms with Crippen molar-refractivity contribution in [3.8, 4) is 0 Å². The highest BCUT2D eigenvalue weighted by Crippen LogP contribution is 2.32. The number of nitrogens with two attached hydrogens (primary N) is 1. The molecule has 32 heavy (non-hydrogen) atoms. The maximum Gasteiger partial charge on any atom is 0.327 e. The van der Waals surface area contributed by atoms with E-state index in [1.54, 1.807) is 18.2 Å². The summed E-state index contributed by atoms with van der Waals surface area (Å²) < 4.78 is 26.7. The number of carboxylic acids is 1. The smallest absolute Gasteiger partial charge is 0.327 e. The number of carboxylic acid groups (broad SMARTS) is 1. The summed E-state index contributed by atoms with van der Waals surface area (Å²) in [6, 6.07) is 6.05. The van der Waals surface area contributed by atoms with Crippen molar-refractivity contribution in [3.63, 3.8) is 0 Å². The van der Waals surface area contributed by atoms with Gasteiger partial charge in [-0.1, -0.05) is 24.8 Å². The highest BCUT2D eigenvalue weighted by Gasteiger charge is 2.55. The van der Waals surface area contributed by atoms with E-state index in [9.17, 15) is 27.9 Å². The Morgan fingerprint density at radius 2 is 1.78 bits per heavy atom. The molecule has 0 spiro atoms. The molecule has 2 atom stereocenters. The fraction of sp³-hybridized carbons (Fsp3) is 0.450. The number of nitrogens with zero attached hydrogens (tertiary/aromatic N) is 3. The zero-order valence-corrected chi connectivity index (χ0v) is 18.3. The fourth-order valence-electron chi connectivity index (χ4n) is 3.91. The number of imide groups is 1. The van der Waals surface area contributed by atoms with E-state index in [1.165, 1.54) is 21.3 Å². The molecule has 3 amide bonds. The Balaban J connectivity index is 1.59. The minimum Gasteiger partial charge on any atom is -0.480 e. The fourth-order valence-corrected chi connectivity index (χ4v) is 5.35. The van der Waals surface area contributed by atoms with E-state index in [1.807, 2.05) is 0 Å². The van der Waals surface area contributed by atoms with Gasteiger partial charge in [-0.3, -0.25) is 4.79 Å². The van der Waals surface area contributed by atoms with Crippen LogP contribution in [-0.2, 0) is 19.6 Å². The standard InChI is InChI=1S/C20H27N5O6S/c1-14(21)22-9-5-8-16-17(19(27)28)25(18(16)26)20(29)23-10-12-24(13-11-23)32(30,31)15-6-3-2-4-7-15/h2-4,6-7,16-17,22H,1,5,8-13,21H2,(H,27,28). The maximum absolute atomic E-state index is 12.9. The van der Waals surface area contributed by atoms with Crippen molar-refractivity contribution in [3.05, 3.63) is 42.7 Å². The Morgan fingerprint density at radius 3 is 2.34 bits per heavy atom. The first-order valence-corrected chi connectivity index (χ1v) is 11.7. The van der Waals surface area contributed by atoms with Crippen molar-refractivity contribution in [1.29, 1.82) is 0 Å². The maximum atomic E-state index is 12.9. The predicted molar refractivity (Wildman–Crippen MR) is 114 cm³/mol. The largest absolute Gasteiger partial charge is 0.480 e. The number of amides is 3. The van der Waals surface area contributed by atoms with Crippen LogP contribution in [0.1, 0.15) is 12.8 Å². The van der Waals surface area contributed by atoms with Crippen LogP contribution in [0.15, 0.2) is 47.6 Å². The van der Waals surface area contributed by atoms with Crippen LogP contribution in [0.3, 0.4) is 0 Å². The number of sulfonamides is 1. The van der Waals surface area contributed by atoms with E-state index in [4.69, 9.17) is 5.73 Å². The summed E-state index contributed by atoms with van der Waals surface area (Å²) >= 11 is 0. The number of carbonyl (C=O) groups is 3. The van der Waals surface area contributed by atoms with Gasteiger partial charge in [-0.05, 0) is 25.0 Å². The van der Waals surface area contributed by atoms with Gasteiger partial charge < -0.3 is 21.1 Å². The monoisotopic (exact) mass is 465 g/mol. The molecule has 0 saturated carbocycles. The number of piperazine rings is 1. The molecule has 0 radical (unpaired) electrons. The Labute approximate surface area is 186 Å². The number of urea groups is 1. The minimum atomic E-state index is -3.69. The van der Waals surface area contributed by atoms with Gasteiger partial charge in [0.1, 0.15) is 0 Å². The van der Waals surface area contributed by atoms with Gasteiger partial charge in [-0.15, -0.1) is 0 Å². The SMILES string of the molecule is C=C(N)NCCCC1C(=O)N(C(=O)N2CCN(S(=O)(=O)c3ccccc3)CC2)C1C(=O)O. The number of likely N-dealkylation sites (tertiary alicyclic amines) is 1. The number of hydrogen-bond acceptors (Lipinski definition) is 7. The Morgan fingerprint density at radius 1 is 1.16 bits per heavy atom. The van der Waals surface area contributed by atoms with E-state index in [0.717, 1.165) is 4.90 Å². The molecule has 2 unspecified atom stereocenters. The summed E-state index contributed by atoms with van der Waals surface area (Å²) in [5.74, 6) is -2.29. The van der Waals surface area contributed by atoms with Crippen LogP contribution in [0.5, 0.6) is 0 Å². The number of nitrogens with one attached hydrogen (secondary N) is 1. The second-order valence-electron chi connectivity index (χ2n) is 7.68. The molecule has 1 aromatic rings. The first-order chi connectivity index (χ1) is 15.1. The molecule has 12 heteroatoms. The van der Waals surface area contributed by atoms with E-state index in [0.29, 0.717) is 19.4 Å². The van der Waals surface area contributed by atoms with Gasteiger partial charge in [-0.25, -0.2) is 22.9 Å². The quantitative estimate of drug-likeness (QED) is 0.353. The molecule has 1 aromatic carbocycles. The van der Waals surface area contributed by atoms with Crippen molar-refractivity contribution in [1.82, 2.24) is 19.4 Å². The minimum absolute atomic E-state index is 0.0564. The van der Waals surface area contributed by atoms with Crippen molar-refractivity contribution in [2.24, 2.45) is 11.7 Å². The molecule has 0 aliphatic carbocycles. The second-order valence-corrected chi connectivity index (χ2v) is 9.62. The number of β-lactam (4-membered cyclic amide) rings is 1. The molecule has 2 aliphatic rings. The Hall–Kier alpha value is -3.12. The molecule has 2 saturated heterocycles. The number of benzene rings is 1. The van der Waals surface area contributed by atoms with Crippen molar-refractivity contribution in [2.75, 3.05) is 32.7 Å². The van der Waals surface area contributed by atoms with Crippen LogP contribution in [0.25, 0.3) is 0 Å². The number of aliphatic carboxylic acids is 1. The first kappa shape index (κ1) is 23.5.